The molecule has 1 unspecified atom stereocenters. The van der Waals surface area contributed by atoms with E-state index in [0.717, 1.165) is 31.0 Å². The fraction of sp³-hybridized carbons (Fsp3) is 0.619. The average Bonchev–Trinajstić information content (AvgIpc) is 2.61. The average molecular weight is 488 g/mol. The predicted octanol–water partition coefficient (Wildman–Crippen LogP) is 4.41. The number of hydrogen-bond acceptors (Lipinski definition) is 2. The van der Waals surface area contributed by atoms with E-state index in [1.54, 1.807) is 0 Å². The van der Waals surface area contributed by atoms with Crippen LogP contribution in [0.5, 0.6) is 0 Å². The topological polar surface area (TPSA) is 70.7 Å². The van der Waals surface area contributed by atoms with E-state index in [-0.39, 0.29) is 29.9 Å². The van der Waals surface area contributed by atoms with Crippen LogP contribution in [0.4, 0.5) is 0 Å². The molecule has 1 amide bonds. The van der Waals surface area contributed by atoms with Crippen molar-refractivity contribution in [2.75, 3.05) is 13.1 Å². The third-order valence-corrected chi connectivity index (χ3v) is 4.50. The van der Waals surface area contributed by atoms with Gasteiger partial charge >= 0.3 is 0 Å². The molecule has 0 aromatic heterocycles. The number of carbonyl (C=O) groups excluding carboxylic acids is 1. The Bertz CT molecular complexity index is 568. The molecule has 3 N–H and O–H groups in total. The first-order chi connectivity index (χ1) is 12.4. The van der Waals surface area contributed by atoms with Crippen molar-refractivity contribution in [3.8, 4) is 0 Å². The highest BCUT2D eigenvalue weighted by molar-refractivity contribution is 14.0. The normalized spacial score (nSPS) is 12.4. The number of hydrogen-bond donors (Lipinski definition) is 2. The highest BCUT2D eigenvalue weighted by Crippen LogP contribution is 2.10. The summed E-state index contributed by atoms with van der Waals surface area (Å²) < 4.78 is 0. The van der Waals surface area contributed by atoms with Gasteiger partial charge in [0.05, 0.1) is 6.54 Å². The number of carbonyl (C=O) groups is 1. The number of guanidine groups is 1. The van der Waals surface area contributed by atoms with Crippen LogP contribution in [0.3, 0.4) is 0 Å². The maximum atomic E-state index is 12.3. The first-order valence-corrected chi connectivity index (χ1v) is 9.82. The van der Waals surface area contributed by atoms with Crippen molar-refractivity contribution in [3.63, 3.8) is 0 Å². The molecule has 0 aliphatic carbocycles. The lowest BCUT2D eigenvalue weighted by molar-refractivity contribution is 0.0773. The predicted molar refractivity (Wildman–Crippen MR) is 126 cm³/mol. The van der Waals surface area contributed by atoms with E-state index in [2.05, 4.69) is 31.1 Å². The molecule has 1 atom stereocenters. The van der Waals surface area contributed by atoms with E-state index < -0.39 is 0 Å². The molecular weight excluding hydrogens is 451 g/mol. The minimum Gasteiger partial charge on any atom is -0.370 e. The molecule has 0 bridgehead atoms. The monoisotopic (exact) mass is 488 g/mol. The van der Waals surface area contributed by atoms with Crippen molar-refractivity contribution in [1.82, 2.24) is 10.2 Å². The number of benzene rings is 1. The summed E-state index contributed by atoms with van der Waals surface area (Å²) in [4.78, 5) is 18.5. The molecule has 0 saturated carbocycles. The van der Waals surface area contributed by atoms with Gasteiger partial charge in [0, 0.05) is 24.7 Å². The third kappa shape index (κ3) is 9.98. The van der Waals surface area contributed by atoms with Gasteiger partial charge in [0.15, 0.2) is 5.96 Å². The van der Waals surface area contributed by atoms with Crippen LogP contribution in [0.25, 0.3) is 0 Å². The molecule has 0 spiro atoms. The molecular formula is C21H37IN4O. The van der Waals surface area contributed by atoms with Crippen LogP contribution < -0.4 is 11.1 Å². The minimum absolute atomic E-state index is 0. The molecule has 6 heteroatoms. The van der Waals surface area contributed by atoms with Gasteiger partial charge < -0.3 is 16.0 Å². The van der Waals surface area contributed by atoms with Gasteiger partial charge in [0.1, 0.15) is 0 Å². The highest BCUT2D eigenvalue weighted by Gasteiger charge is 2.11. The Morgan fingerprint density at radius 1 is 1.11 bits per heavy atom. The summed E-state index contributed by atoms with van der Waals surface area (Å²) in [6.45, 7) is 12.6. The first-order valence-electron chi connectivity index (χ1n) is 9.82. The van der Waals surface area contributed by atoms with Crippen LogP contribution in [0.15, 0.2) is 29.3 Å². The summed E-state index contributed by atoms with van der Waals surface area (Å²) in [5.74, 6) is 1.29. The van der Waals surface area contributed by atoms with Crippen molar-refractivity contribution in [1.29, 1.82) is 0 Å². The van der Waals surface area contributed by atoms with Gasteiger partial charge in [0.25, 0.3) is 5.91 Å². The fourth-order valence-corrected chi connectivity index (χ4v) is 2.83. The van der Waals surface area contributed by atoms with E-state index >= 15 is 0 Å². The SMILES string of the molecule is CCN(CC)C(=O)c1ccc(CN=C(N)NC(C)CCCC(C)C)cc1.I. The molecule has 0 radical (unpaired) electrons. The number of nitrogens with one attached hydrogen (secondary N) is 1. The summed E-state index contributed by atoms with van der Waals surface area (Å²) >= 11 is 0. The molecule has 154 valence electrons. The van der Waals surface area contributed by atoms with Crippen molar-refractivity contribution in [2.45, 2.75) is 66.5 Å². The van der Waals surface area contributed by atoms with Crippen molar-refractivity contribution in [3.05, 3.63) is 35.4 Å². The Hall–Kier alpha value is -1.31. The molecule has 1 aromatic carbocycles. The van der Waals surface area contributed by atoms with E-state index in [0.29, 0.717) is 24.1 Å². The fourth-order valence-electron chi connectivity index (χ4n) is 2.83. The lowest BCUT2D eigenvalue weighted by atomic mass is 10.0. The zero-order valence-electron chi connectivity index (χ0n) is 17.5. The van der Waals surface area contributed by atoms with E-state index in [4.69, 9.17) is 5.73 Å². The van der Waals surface area contributed by atoms with Gasteiger partial charge in [-0.3, -0.25) is 4.79 Å². The standard InChI is InChI=1S/C21H36N4O.HI/c1-6-25(7-2)20(26)19-13-11-18(12-14-19)15-23-21(22)24-17(5)10-8-9-16(3)4;/h11-14,16-17H,6-10,15H2,1-5H3,(H3,22,23,24);1H. The van der Waals surface area contributed by atoms with E-state index in [1.807, 2.05) is 43.0 Å². The number of halogens is 1. The molecule has 1 aromatic rings. The Morgan fingerprint density at radius 2 is 1.70 bits per heavy atom. The summed E-state index contributed by atoms with van der Waals surface area (Å²) in [7, 11) is 0. The summed E-state index contributed by atoms with van der Waals surface area (Å²) in [6, 6.07) is 7.94. The van der Waals surface area contributed by atoms with E-state index in [1.165, 1.54) is 12.8 Å². The quantitative estimate of drug-likeness (QED) is 0.291. The van der Waals surface area contributed by atoms with Gasteiger partial charge in [-0.05, 0) is 50.8 Å². The molecule has 0 aliphatic rings. The van der Waals surface area contributed by atoms with Gasteiger partial charge in [-0.1, -0.05) is 38.8 Å². The number of nitrogens with zero attached hydrogens (tertiary/aromatic N) is 2. The summed E-state index contributed by atoms with van der Waals surface area (Å²) in [6.07, 6.45) is 3.53. The molecule has 0 fully saturated rings. The maximum Gasteiger partial charge on any atom is 0.253 e. The lowest BCUT2D eigenvalue weighted by Crippen LogP contribution is -2.38. The van der Waals surface area contributed by atoms with Crippen LogP contribution in [0, 0.1) is 5.92 Å². The first kappa shape index (κ1) is 25.7. The number of nitrogens with two attached hydrogens (primary N) is 1. The largest absolute Gasteiger partial charge is 0.370 e. The second-order valence-electron chi connectivity index (χ2n) is 7.25. The smallest absolute Gasteiger partial charge is 0.253 e. The number of rotatable bonds is 10. The van der Waals surface area contributed by atoms with E-state index in [9.17, 15) is 4.79 Å². The van der Waals surface area contributed by atoms with Crippen LogP contribution in [0.1, 0.15) is 69.8 Å². The molecule has 0 aliphatic heterocycles. The molecule has 0 saturated heterocycles. The second-order valence-corrected chi connectivity index (χ2v) is 7.25. The maximum absolute atomic E-state index is 12.3. The van der Waals surface area contributed by atoms with Crippen LogP contribution in [0.2, 0.25) is 0 Å². The highest BCUT2D eigenvalue weighted by atomic mass is 127. The van der Waals surface area contributed by atoms with Crippen molar-refractivity contribution in [2.24, 2.45) is 16.6 Å². The third-order valence-electron chi connectivity index (χ3n) is 4.50. The van der Waals surface area contributed by atoms with Gasteiger partial charge in [-0.15, -0.1) is 24.0 Å². The minimum atomic E-state index is 0. The number of aliphatic imine (C=N–C) groups is 1. The molecule has 0 heterocycles. The number of amides is 1. The molecule has 1 rings (SSSR count). The Kier molecular flexibility index (Phi) is 13.1. The zero-order valence-corrected chi connectivity index (χ0v) is 19.8. The second kappa shape index (κ2) is 13.8. The lowest BCUT2D eigenvalue weighted by Gasteiger charge is -2.18. The van der Waals surface area contributed by atoms with Gasteiger partial charge in [0.2, 0.25) is 0 Å². The van der Waals surface area contributed by atoms with Crippen LogP contribution in [-0.4, -0.2) is 35.9 Å². The van der Waals surface area contributed by atoms with Crippen molar-refractivity contribution < 1.29 is 4.79 Å². The van der Waals surface area contributed by atoms with Crippen LogP contribution >= 0.6 is 24.0 Å². The molecule has 27 heavy (non-hydrogen) atoms. The summed E-state index contributed by atoms with van der Waals surface area (Å²) in [5, 5.41) is 3.25. The van der Waals surface area contributed by atoms with Crippen LogP contribution in [-0.2, 0) is 6.54 Å². The Labute approximate surface area is 182 Å². The zero-order chi connectivity index (χ0) is 19.5. The van der Waals surface area contributed by atoms with Gasteiger partial charge in [-0.2, -0.15) is 0 Å². The Balaban J connectivity index is 0.00000676. The van der Waals surface area contributed by atoms with Crippen molar-refractivity contribution >= 4 is 35.8 Å². The van der Waals surface area contributed by atoms with Gasteiger partial charge in [-0.25, -0.2) is 4.99 Å². The molecule has 5 nitrogen and oxygen atoms in total. The summed E-state index contributed by atoms with van der Waals surface area (Å²) in [5.41, 5.74) is 7.74. The Morgan fingerprint density at radius 3 is 2.22 bits per heavy atom.